The smallest absolute Gasteiger partial charge is 0.267 e. The molecular formula is C19H13BrN4O2. The number of hydrogen-bond donors (Lipinski definition) is 0. The van der Waals surface area contributed by atoms with Crippen molar-refractivity contribution in [1.82, 2.24) is 19.9 Å². The maximum atomic E-state index is 12.1. The van der Waals surface area contributed by atoms with E-state index in [9.17, 15) is 4.79 Å². The zero-order valence-electron chi connectivity index (χ0n) is 13.5. The molecule has 0 aliphatic heterocycles. The van der Waals surface area contributed by atoms with Gasteiger partial charge in [0, 0.05) is 21.7 Å². The summed E-state index contributed by atoms with van der Waals surface area (Å²) >= 11 is 3.42. The SMILES string of the molecule is O=c1ccc(-c2ccccc2)nn1Cc1nc(-c2cccc(Br)c2)no1. The molecule has 0 saturated heterocycles. The monoisotopic (exact) mass is 408 g/mol. The summed E-state index contributed by atoms with van der Waals surface area (Å²) in [6.07, 6.45) is 0. The standard InChI is InChI=1S/C19H13BrN4O2/c20-15-8-4-7-14(11-15)19-21-17(26-23-19)12-24-18(25)10-9-16(22-24)13-5-2-1-3-6-13/h1-11H,12H2. The molecule has 0 amide bonds. The fourth-order valence-corrected chi connectivity index (χ4v) is 2.92. The number of halogens is 1. The second-order valence-electron chi connectivity index (χ2n) is 5.60. The van der Waals surface area contributed by atoms with Gasteiger partial charge in [0.1, 0.15) is 6.54 Å². The number of benzene rings is 2. The largest absolute Gasteiger partial charge is 0.337 e. The first kappa shape index (κ1) is 16.4. The summed E-state index contributed by atoms with van der Waals surface area (Å²) in [4.78, 5) is 16.5. The van der Waals surface area contributed by atoms with E-state index in [1.165, 1.54) is 10.7 Å². The molecule has 7 heteroatoms. The van der Waals surface area contributed by atoms with Crippen LogP contribution < -0.4 is 5.56 Å². The zero-order valence-corrected chi connectivity index (χ0v) is 15.1. The molecule has 0 atom stereocenters. The van der Waals surface area contributed by atoms with Crippen molar-refractivity contribution in [1.29, 1.82) is 0 Å². The van der Waals surface area contributed by atoms with Crippen LogP contribution in [0.25, 0.3) is 22.6 Å². The molecule has 2 heterocycles. The van der Waals surface area contributed by atoms with Crippen molar-refractivity contribution >= 4 is 15.9 Å². The summed E-state index contributed by atoms with van der Waals surface area (Å²) in [5.41, 5.74) is 2.23. The third-order valence-corrected chi connectivity index (χ3v) is 4.27. The number of nitrogens with zero attached hydrogens (tertiary/aromatic N) is 4. The molecule has 0 N–H and O–H groups in total. The highest BCUT2D eigenvalue weighted by Gasteiger charge is 2.11. The van der Waals surface area contributed by atoms with Gasteiger partial charge in [0.15, 0.2) is 0 Å². The number of hydrogen-bond acceptors (Lipinski definition) is 5. The van der Waals surface area contributed by atoms with Crippen LogP contribution in [0.15, 0.2) is 80.5 Å². The van der Waals surface area contributed by atoms with E-state index in [0.717, 1.165) is 15.6 Å². The zero-order chi connectivity index (χ0) is 17.9. The van der Waals surface area contributed by atoms with Gasteiger partial charge in [-0.25, -0.2) is 4.68 Å². The molecule has 0 saturated carbocycles. The molecule has 2 aromatic heterocycles. The van der Waals surface area contributed by atoms with Crippen LogP contribution in [0.1, 0.15) is 5.89 Å². The van der Waals surface area contributed by atoms with E-state index in [1.54, 1.807) is 6.07 Å². The van der Waals surface area contributed by atoms with Gasteiger partial charge in [-0.05, 0) is 18.2 Å². The third-order valence-electron chi connectivity index (χ3n) is 3.77. The van der Waals surface area contributed by atoms with E-state index in [2.05, 4.69) is 31.2 Å². The summed E-state index contributed by atoms with van der Waals surface area (Å²) in [6.45, 7) is 0.112. The lowest BCUT2D eigenvalue weighted by molar-refractivity contribution is 0.363. The Kier molecular flexibility index (Phi) is 4.45. The van der Waals surface area contributed by atoms with E-state index in [0.29, 0.717) is 17.4 Å². The van der Waals surface area contributed by atoms with Crippen LogP contribution in [0.2, 0.25) is 0 Å². The molecule has 0 bridgehead atoms. The van der Waals surface area contributed by atoms with Crippen LogP contribution in [0.4, 0.5) is 0 Å². The van der Waals surface area contributed by atoms with Crippen molar-refractivity contribution in [3.8, 4) is 22.6 Å². The van der Waals surface area contributed by atoms with Gasteiger partial charge in [0.25, 0.3) is 5.56 Å². The first-order valence-corrected chi connectivity index (χ1v) is 8.70. The fraction of sp³-hybridized carbons (Fsp3) is 0.0526. The van der Waals surface area contributed by atoms with Gasteiger partial charge >= 0.3 is 0 Å². The van der Waals surface area contributed by atoms with Crippen LogP contribution >= 0.6 is 15.9 Å². The summed E-state index contributed by atoms with van der Waals surface area (Å²) in [7, 11) is 0. The Morgan fingerprint density at radius 2 is 1.77 bits per heavy atom. The van der Waals surface area contributed by atoms with Gasteiger partial charge in [-0.1, -0.05) is 63.6 Å². The summed E-state index contributed by atoms with van der Waals surface area (Å²) in [6, 6.07) is 20.5. The molecule has 128 valence electrons. The van der Waals surface area contributed by atoms with Crippen LogP contribution in [0.3, 0.4) is 0 Å². The van der Waals surface area contributed by atoms with Gasteiger partial charge in [-0.3, -0.25) is 4.79 Å². The molecule has 0 fully saturated rings. The third kappa shape index (κ3) is 3.48. The minimum absolute atomic E-state index is 0.112. The van der Waals surface area contributed by atoms with Crippen molar-refractivity contribution in [3.05, 3.63) is 87.4 Å². The molecule has 0 aliphatic carbocycles. The molecule has 2 aromatic carbocycles. The van der Waals surface area contributed by atoms with Crippen molar-refractivity contribution in [2.24, 2.45) is 0 Å². The van der Waals surface area contributed by atoms with E-state index in [4.69, 9.17) is 4.52 Å². The average Bonchev–Trinajstić information content (AvgIpc) is 3.13. The Bertz CT molecular complexity index is 1110. The molecule has 6 nitrogen and oxygen atoms in total. The highest BCUT2D eigenvalue weighted by atomic mass is 79.9. The molecule has 4 rings (SSSR count). The average molecular weight is 409 g/mol. The van der Waals surface area contributed by atoms with Crippen molar-refractivity contribution in [2.45, 2.75) is 6.54 Å². The predicted octanol–water partition coefficient (Wildman–Crippen LogP) is 3.77. The topological polar surface area (TPSA) is 73.8 Å². The van der Waals surface area contributed by atoms with Crippen LogP contribution in [0, 0.1) is 0 Å². The van der Waals surface area contributed by atoms with Gasteiger partial charge in [-0.15, -0.1) is 0 Å². The molecule has 4 aromatic rings. The lowest BCUT2D eigenvalue weighted by Crippen LogP contribution is -2.23. The predicted molar refractivity (Wildman–Crippen MR) is 100 cm³/mol. The number of aromatic nitrogens is 4. The highest BCUT2D eigenvalue weighted by Crippen LogP contribution is 2.20. The molecule has 0 spiro atoms. The lowest BCUT2D eigenvalue weighted by atomic mass is 10.1. The van der Waals surface area contributed by atoms with Crippen molar-refractivity contribution in [3.63, 3.8) is 0 Å². The Morgan fingerprint density at radius 1 is 0.962 bits per heavy atom. The minimum Gasteiger partial charge on any atom is -0.337 e. The van der Waals surface area contributed by atoms with Gasteiger partial charge < -0.3 is 4.52 Å². The van der Waals surface area contributed by atoms with Crippen LogP contribution in [0.5, 0.6) is 0 Å². The van der Waals surface area contributed by atoms with E-state index < -0.39 is 0 Å². The Labute approximate surface area is 157 Å². The molecule has 0 aliphatic rings. The van der Waals surface area contributed by atoms with Gasteiger partial charge in [0.05, 0.1) is 5.69 Å². The maximum Gasteiger partial charge on any atom is 0.267 e. The second kappa shape index (κ2) is 7.05. The molecular weight excluding hydrogens is 396 g/mol. The summed E-state index contributed by atoms with van der Waals surface area (Å²) < 4.78 is 7.53. The number of rotatable bonds is 4. The minimum atomic E-state index is -0.230. The summed E-state index contributed by atoms with van der Waals surface area (Å²) in [5.74, 6) is 0.786. The van der Waals surface area contributed by atoms with Crippen molar-refractivity contribution < 1.29 is 4.52 Å². The molecule has 0 radical (unpaired) electrons. The van der Waals surface area contributed by atoms with E-state index >= 15 is 0 Å². The molecule has 0 unspecified atom stereocenters. The highest BCUT2D eigenvalue weighted by molar-refractivity contribution is 9.10. The first-order chi connectivity index (χ1) is 12.7. The lowest BCUT2D eigenvalue weighted by Gasteiger charge is -2.04. The molecule has 26 heavy (non-hydrogen) atoms. The van der Waals surface area contributed by atoms with Crippen LogP contribution in [-0.2, 0) is 6.54 Å². The van der Waals surface area contributed by atoms with Gasteiger partial charge in [-0.2, -0.15) is 10.1 Å². The Balaban J connectivity index is 1.63. The van der Waals surface area contributed by atoms with Gasteiger partial charge in [0.2, 0.25) is 11.7 Å². The second-order valence-corrected chi connectivity index (χ2v) is 6.52. The fourth-order valence-electron chi connectivity index (χ4n) is 2.52. The van der Waals surface area contributed by atoms with Crippen LogP contribution in [-0.4, -0.2) is 19.9 Å². The van der Waals surface area contributed by atoms with E-state index in [1.807, 2.05) is 54.6 Å². The van der Waals surface area contributed by atoms with Crippen molar-refractivity contribution in [2.75, 3.05) is 0 Å². The quantitative estimate of drug-likeness (QED) is 0.513. The summed E-state index contributed by atoms with van der Waals surface area (Å²) in [5, 5.41) is 8.39. The Morgan fingerprint density at radius 3 is 2.58 bits per heavy atom. The first-order valence-electron chi connectivity index (χ1n) is 7.91. The normalized spacial score (nSPS) is 10.8. The van der Waals surface area contributed by atoms with E-state index in [-0.39, 0.29) is 12.1 Å². The maximum absolute atomic E-state index is 12.1. The Hall–Kier alpha value is -3.06.